The molecule has 1 aliphatic carbocycles. The minimum absolute atomic E-state index is 0.0295. The number of furan rings is 2. The Balaban J connectivity index is 0.945. The summed E-state index contributed by atoms with van der Waals surface area (Å²) in [6.45, 7) is 4.74. The smallest absolute Gasteiger partial charge is 0.252 e. The molecule has 362 valence electrons. The third kappa shape index (κ3) is 6.61. The van der Waals surface area contributed by atoms with E-state index in [0.717, 1.165) is 90.1 Å². The van der Waals surface area contributed by atoms with Gasteiger partial charge >= 0.3 is 0 Å². The van der Waals surface area contributed by atoms with Crippen LogP contribution in [0.25, 0.3) is 66.5 Å². The van der Waals surface area contributed by atoms with Gasteiger partial charge in [-0.05, 0) is 171 Å². The maximum absolute atomic E-state index is 6.45. The summed E-state index contributed by atoms with van der Waals surface area (Å²) in [5, 5.41) is 4.72. The molecule has 2 aromatic heterocycles. The van der Waals surface area contributed by atoms with Crippen LogP contribution < -0.4 is 31.1 Å². The molecular formula is C71H48BN3O2. The Morgan fingerprint density at radius 3 is 1.53 bits per heavy atom. The summed E-state index contributed by atoms with van der Waals surface area (Å²) in [6, 6.07) is 92.9. The lowest BCUT2D eigenvalue weighted by atomic mass is 9.33. The van der Waals surface area contributed by atoms with Crippen LogP contribution in [0.1, 0.15) is 25.0 Å². The summed E-state index contributed by atoms with van der Waals surface area (Å²) in [5.74, 6) is 1.69. The second kappa shape index (κ2) is 16.6. The van der Waals surface area contributed by atoms with E-state index in [1.807, 2.05) is 24.3 Å². The largest absolute Gasteiger partial charge is 0.456 e. The van der Waals surface area contributed by atoms with Crippen molar-refractivity contribution in [3.8, 4) is 33.8 Å². The van der Waals surface area contributed by atoms with Crippen LogP contribution in [-0.2, 0) is 5.41 Å². The highest BCUT2D eigenvalue weighted by Gasteiger charge is 2.44. The second-order valence-corrected chi connectivity index (χ2v) is 21.2. The molecule has 0 saturated carbocycles. The van der Waals surface area contributed by atoms with Crippen molar-refractivity contribution < 1.29 is 8.83 Å². The van der Waals surface area contributed by atoms with Crippen molar-refractivity contribution in [2.45, 2.75) is 19.3 Å². The monoisotopic (exact) mass is 985 g/mol. The lowest BCUT2D eigenvalue weighted by Crippen LogP contribution is -2.61. The fraction of sp³-hybridized carbons (Fsp3) is 0.0423. The predicted octanol–water partition coefficient (Wildman–Crippen LogP) is 17.5. The van der Waals surface area contributed by atoms with Crippen molar-refractivity contribution in [3.63, 3.8) is 0 Å². The number of fused-ring (bicyclic) bond motifs is 11. The van der Waals surface area contributed by atoms with Gasteiger partial charge in [0.2, 0.25) is 0 Å². The van der Waals surface area contributed by atoms with Crippen molar-refractivity contribution in [1.29, 1.82) is 0 Å². The first-order valence-corrected chi connectivity index (χ1v) is 26.6. The van der Waals surface area contributed by atoms with Gasteiger partial charge in [-0.25, -0.2) is 0 Å². The fourth-order valence-electron chi connectivity index (χ4n) is 13.0. The van der Waals surface area contributed by atoms with Crippen LogP contribution in [0.3, 0.4) is 0 Å². The summed E-state index contributed by atoms with van der Waals surface area (Å²) >= 11 is 0. The highest BCUT2D eigenvalue weighted by atomic mass is 16.3. The van der Waals surface area contributed by atoms with E-state index < -0.39 is 0 Å². The zero-order valence-corrected chi connectivity index (χ0v) is 42.5. The van der Waals surface area contributed by atoms with Crippen LogP contribution in [0.5, 0.6) is 0 Å². The van der Waals surface area contributed by atoms with Crippen LogP contribution in [0.2, 0.25) is 0 Å². The first-order valence-electron chi connectivity index (χ1n) is 26.6. The lowest BCUT2D eigenvalue weighted by Gasteiger charge is -2.45. The molecule has 0 fully saturated rings. The fourth-order valence-corrected chi connectivity index (χ4v) is 13.0. The SMILES string of the molecule is CC1(C)c2cc(N(c3ccc(-c4cc5ccccc5o4)cc3)c3cc4c5c(c3)N(c3ccc(-c6cc7ccccc7o6)cc3)c3ccccc3B5c3ccccc3N4c3ccccc3)ccc2-c2c1ccc1ccccc21. The Labute approximate surface area is 447 Å². The average Bonchev–Trinajstić information content (AvgIpc) is 4.30. The van der Waals surface area contributed by atoms with Gasteiger partial charge in [0, 0.05) is 72.8 Å². The molecule has 6 heteroatoms. The van der Waals surface area contributed by atoms with Gasteiger partial charge in [0.05, 0.1) is 5.69 Å². The van der Waals surface area contributed by atoms with Crippen molar-refractivity contribution in [2.75, 3.05) is 14.7 Å². The Kier molecular flexibility index (Phi) is 9.41. The molecule has 0 saturated heterocycles. The molecule has 4 heterocycles. The maximum atomic E-state index is 6.45. The average molecular weight is 986 g/mol. The van der Waals surface area contributed by atoms with Crippen molar-refractivity contribution in [3.05, 3.63) is 266 Å². The van der Waals surface area contributed by atoms with Gasteiger partial charge in [0.1, 0.15) is 22.7 Å². The Bertz CT molecular complexity index is 4450. The molecule has 2 aliphatic heterocycles. The highest BCUT2D eigenvalue weighted by molar-refractivity contribution is 7.00. The summed E-state index contributed by atoms with van der Waals surface area (Å²) in [5.41, 5.74) is 22.5. The standard InChI is InChI=1S/C71H48BN3O2/c1-71(2)57-39-32-45-16-6-9-21-55(45)69(57)56-38-37-53(42-58(56)71)73(51-33-28-46(29-34-51)67-40-48-17-7-14-26-65(48)76-67)54-43-63-70-64(44-54)75(52-35-30-47(31-36-52)68-41-49-18-8-15-27-66(49)77-68)62-25-13-11-23-60(62)72(70)59-22-10-12-24-61(59)74(63)50-19-4-3-5-20-50/h3-44H,1-2H3. The van der Waals surface area contributed by atoms with Crippen LogP contribution in [0.4, 0.5) is 51.2 Å². The molecule has 11 aromatic carbocycles. The minimum atomic E-state index is -0.251. The van der Waals surface area contributed by atoms with Crippen LogP contribution in [0.15, 0.2) is 264 Å². The molecule has 77 heavy (non-hydrogen) atoms. The number of para-hydroxylation sites is 5. The lowest BCUT2D eigenvalue weighted by molar-refractivity contribution is 0.631. The van der Waals surface area contributed by atoms with Crippen LogP contribution in [0, 0.1) is 0 Å². The summed E-state index contributed by atoms with van der Waals surface area (Å²) < 4.78 is 12.9. The van der Waals surface area contributed by atoms with E-state index in [1.54, 1.807) is 0 Å². The quantitative estimate of drug-likeness (QED) is 0.149. The number of nitrogens with zero attached hydrogens (tertiary/aromatic N) is 3. The van der Waals surface area contributed by atoms with Gasteiger partial charge < -0.3 is 23.5 Å². The van der Waals surface area contributed by atoms with E-state index >= 15 is 0 Å². The predicted molar refractivity (Wildman–Crippen MR) is 321 cm³/mol. The number of anilines is 9. The van der Waals surface area contributed by atoms with E-state index in [4.69, 9.17) is 8.83 Å². The Morgan fingerprint density at radius 2 is 0.909 bits per heavy atom. The normalized spacial score (nSPS) is 13.6. The minimum Gasteiger partial charge on any atom is -0.456 e. The van der Waals surface area contributed by atoms with Crippen molar-refractivity contribution in [1.82, 2.24) is 0 Å². The summed E-state index contributed by atoms with van der Waals surface area (Å²) in [6.07, 6.45) is 0. The second-order valence-electron chi connectivity index (χ2n) is 21.2. The molecular weight excluding hydrogens is 938 g/mol. The van der Waals surface area contributed by atoms with E-state index in [0.29, 0.717) is 0 Å². The van der Waals surface area contributed by atoms with E-state index in [-0.39, 0.29) is 12.1 Å². The van der Waals surface area contributed by atoms with Gasteiger partial charge in [-0.3, -0.25) is 0 Å². The number of benzene rings is 11. The zero-order valence-electron chi connectivity index (χ0n) is 42.5. The van der Waals surface area contributed by atoms with Gasteiger partial charge in [0.25, 0.3) is 6.71 Å². The molecule has 0 radical (unpaired) electrons. The first kappa shape index (κ1) is 43.6. The maximum Gasteiger partial charge on any atom is 0.252 e. The van der Waals surface area contributed by atoms with Gasteiger partial charge in [-0.15, -0.1) is 0 Å². The molecule has 5 nitrogen and oxygen atoms in total. The van der Waals surface area contributed by atoms with Crippen molar-refractivity contribution >= 4 is 107 Å². The number of rotatable bonds is 7. The molecule has 0 atom stereocenters. The number of hydrogen-bond donors (Lipinski definition) is 0. The highest BCUT2D eigenvalue weighted by Crippen LogP contribution is 2.54. The van der Waals surface area contributed by atoms with Gasteiger partial charge in [-0.1, -0.05) is 147 Å². The molecule has 16 rings (SSSR count). The van der Waals surface area contributed by atoms with E-state index in [9.17, 15) is 0 Å². The van der Waals surface area contributed by atoms with Crippen LogP contribution >= 0.6 is 0 Å². The van der Waals surface area contributed by atoms with Crippen molar-refractivity contribution in [2.24, 2.45) is 0 Å². The third-order valence-corrected chi connectivity index (χ3v) is 16.6. The van der Waals surface area contributed by atoms with Gasteiger partial charge in [0.15, 0.2) is 0 Å². The Hall–Kier alpha value is -9.78. The van der Waals surface area contributed by atoms with E-state index in [2.05, 4.69) is 259 Å². The summed E-state index contributed by atoms with van der Waals surface area (Å²) in [4.78, 5) is 7.45. The molecule has 0 spiro atoms. The Morgan fingerprint density at radius 1 is 0.390 bits per heavy atom. The number of hydrogen-bond acceptors (Lipinski definition) is 5. The van der Waals surface area contributed by atoms with E-state index in [1.165, 1.54) is 55.1 Å². The molecule has 3 aliphatic rings. The zero-order chi connectivity index (χ0) is 50.9. The molecule has 13 aromatic rings. The molecule has 0 unspecified atom stereocenters. The van der Waals surface area contributed by atoms with Gasteiger partial charge in [-0.2, -0.15) is 0 Å². The first-order chi connectivity index (χ1) is 37.9. The third-order valence-electron chi connectivity index (χ3n) is 16.6. The topological polar surface area (TPSA) is 36.0 Å². The molecule has 0 amide bonds. The molecule has 0 N–H and O–H groups in total. The molecule has 0 bridgehead atoms. The summed E-state index contributed by atoms with van der Waals surface area (Å²) in [7, 11) is 0. The van der Waals surface area contributed by atoms with Crippen LogP contribution in [-0.4, -0.2) is 6.71 Å².